The van der Waals surface area contributed by atoms with Crippen LogP contribution in [0.25, 0.3) is 0 Å². The SMILES string of the molecule is C1=COCC1.CC(=O)c1ccc(I)cc1.CC(=O)c1ccc([C@@H]2C=C[C@@H](c3cc(C)c(C)c(C)c3)O2)cc1.Cc1cc(C2CC=CO2)cc(C)c1C.Cc1cc(I)cc(C)c1C.Cc1cc([C@@H]2C=C[C@@H](c3ccc(C(=O)Nc4ccccc4N)cc3)O2)cc(C)c1C.Cc1cc([C@@H]2CC[C@@H](c3ccc(C(=O)Nc4ccccc4N)cc3)O2)cc(C)c1C.OF.[3HH]. The van der Waals surface area contributed by atoms with Crippen LogP contribution in [0.3, 0.4) is 0 Å². The van der Waals surface area contributed by atoms with Crippen LogP contribution in [-0.2, 0) is 23.7 Å². The zero-order valence-corrected chi connectivity index (χ0v) is 78.6. The van der Waals surface area contributed by atoms with Crippen LogP contribution in [0.1, 0.15) is 248 Å². The van der Waals surface area contributed by atoms with Gasteiger partial charge in [0.1, 0.15) is 30.5 Å². The highest BCUT2D eigenvalue weighted by Gasteiger charge is 2.30. The number of halogens is 3. The van der Waals surface area contributed by atoms with Crippen molar-refractivity contribution in [1.29, 1.82) is 0 Å². The maximum atomic E-state index is 12.5. The summed E-state index contributed by atoms with van der Waals surface area (Å²) >= 11 is 4.56. The lowest BCUT2D eigenvalue weighted by atomic mass is 9.96. The number of hydrogen-bond acceptors (Lipinski definition) is 12. The molecular formula is C107H119FI2N4O10. The van der Waals surface area contributed by atoms with Gasteiger partial charge in [-0.25, -0.2) is 5.31 Å². The van der Waals surface area contributed by atoms with Crippen LogP contribution in [0.4, 0.5) is 27.3 Å². The molecule has 5 heterocycles. The Morgan fingerprint density at radius 2 is 0.677 bits per heavy atom. The van der Waals surface area contributed by atoms with Crippen LogP contribution >= 0.6 is 45.2 Å². The minimum absolute atomic E-state index is 0. The summed E-state index contributed by atoms with van der Waals surface area (Å²) < 4.78 is 40.1. The van der Waals surface area contributed by atoms with Crippen molar-refractivity contribution in [2.45, 2.75) is 186 Å². The molecule has 0 radical (unpaired) electrons. The molecule has 1 fully saturated rings. The number of anilines is 4. The Morgan fingerprint density at radius 1 is 0.363 bits per heavy atom. The molecule has 5 aliphatic heterocycles. The van der Waals surface area contributed by atoms with Crippen molar-refractivity contribution in [3.63, 3.8) is 0 Å². The molecule has 1 saturated heterocycles. The number of ether oxygens (including phenoxy) is 5. The lowest BCUT2D eigenvalue weighted by molar-refractivity contribution is -0.0441. The Balaban J connectivity index is 0.000000190. The summed E-state index contributed by atoms with van der Waals surface area (Å²) in [6.07, 6.45) is 20.3. The average Bonchev–Trinajstić information content (AvgIpc) is 1.70. The van der Waals surface area contributed by atoms with Gasteiger partial charge in [-0.15, -0.1) is 0 Å². The Labute approximate surface area is 761 Å². The molecule has 5 aliphatic rings. The number of Topliss-reactive ketones (excluding diaryl/α,β-unsaturated/α-hetero) is 2. The molecule has 124 heavy (non-hydrogen) atoms. The van der Waals surface area contributed by atoms with Gasteiger partial charge in [-0.1, -0.05) is 162 Å². The number of benzene rings is 11. The van der Waals surface area contributed by atoms with E-state index in [4.69, 9.17) is 45.0 Å². The Hall–Kier alpha value is -10.9. The van der Waals surface area contributed by atoms with Crippen LogP contribution in [-0.4, -0.2) is 35.3 Å². The molecule has 11 aromatic carbocycles. The van der Waals surface area contributed by atoms with E-state index >= 15 is 0 Å². The van der Waals surface area contributed by atoms with Gasteiger partial charge in [0.15, 0.2) is 11.6 Å². The number of ketones is 2. The molecule has 0 saturated carbocycles. The third kappa shape index (κ3) is 27.3. The summed E-state index contributed by atoms with van der Waals surface area (Å²) in [6, 6.07) is 67.0. The predicted octanol–water partition coefficient (Wildman–Crippen LogP) is 27.4. The molecule has 7 atom stereocenters. The van der Waals surface area contributed by atoms with Gasteiger partial charge in [0.25, 0.3) is 11.8 Å². The summed E-state index contributed by atoms with van der Waals surface area (Å²) in [5.41, 5.74) is 45.0. The highest BCUT2D eigenvalue weighted by molar-refractivity contribution is 14.1. The van der Waals surface area contributed by atoms with Crippen molar-refractivity contribution in [2.24, 2.45) is 0 Å². The van der Waals surface area contributed by atoms with E-state index in [1.807, 2.05) is 127 Å². The number of aryl methyl sites for hydroxylation is 10. The second-order valence-corrected chi connectivity index (χ2v) is 34.5. The van der Waals surface area contributed by atoms with E-state index in [2.05, 4.69) is 251 Å². The monoisotopic (exact) mass is 1890 g/mol. The van der Waals surface area contributed by atoms with Crippen molar-refractivity contribution in [3.05, 3.63) is 407 Å². The normalized spacial score (nSPS) is 17.1. The van der Waals surface area contributed by atoms with Crippen LogP contribution in [0, 0.1) is 111 Å². The van der Waals surface area contributed by atoms with Gasteiger partial charge in [-0.2, -0.15) is 0 Å². The second-order valence-electron chi connectivity index (χ2n) is 32.0. The number of nitrogens with two attached hydrogens (primary N) is 2. The molecule has 0 spiro atoms. The van der Waals surface area contributed by atoms with E-state index in [-0.39, 0.29) is 67.5 Å². The molecule has 14 nitrogen and oxygen atoms in total. The van der Waals surface area contributed by atoms with Gasteiger partial charge in [-0.05, 0) is 383 Å². The topological polar surface area (TPSA) is 211 Å². The number of carbonyl (C=O) groups excluding carboxylic acids is 4. The summed E-state index contributed by atoms with van der Waals surface area (Å²) in [4.78, 5) is 47.2. The van der Waals surface area contributed by atoms with E-state index in [1.54, 1.807) is 50.6 Å². The van der Waals surface area contributed by atoms with E-state index in [9.17, 15) is 19.2 Å². The number of nitrogen functional groups attached to an aromatic ring is 2. The number of hydrogen-bond donors (Lipinski definition) is 5. The largest absolute Gasteiger partial charge is 0.501 e. The summed E-state index contributed by atoms with van der Waals surface area (Å²) in [5.74, 6) is -0.152. The quantitative estimate of drug-likeness (QED) is 0.0316. The third-order valence-corrected chi connectivity index (χ3v) is 24.6. The first-order chi connectivity index (χ1) is 59.3. The molecule has 2 amide bonds. The van der Waals surface area contributed by atoms with Gasteiger partial charge in [0.2, 0.25) is 0 Å². The van der Waals surface area contributed by atoms with Gasteiger partial charge in [-0.3, -0.25) is 19.2 Å². The summed E-state index contributed by atoms with van der Waals surface area (Å²) in [5, 5.41) is 11.2. The van der Waals surface area contributed by atoms with Crippen LogP contribution < -0.4 is 22.1 Å². The van der Waals surface area contributed by atoms with E-state index in [1.165, 1.54) is 109 Å². The average molecular weight is 1900 g/mol. The Kier molecular flexibility index (Phi) is 36.5. The van der Waals surface area contributed by atoms with E-state index in [0.717, 1.165) is 63.7 Å². The maximum Gasteiger partial charge on any atom is 0.255 e. The standard InChI is InChI=1S/C26H28N2O2.C26H26N2O2.C21H22O2.C13H16O.C9H11I.C8H7IO.C4H6O.FHO.H2/c2*1-16-14-21(15-17(2)18(16)3)25-13-12-24(30-25)19-8-10-20(11-9-19)26(29)28-23-7-5-4-6-22(23)27;1-13-11-19(12-14(2)15(13)3)21-10-9-20(23-21)18-7-5-17(6-8-18)16(4)22;1-9-7-12(8-10(2)11(9)3)13-5-4-6-14-13;1-6-4-9(10)5-7(2)8(6)3;1-6(10)7-2-4-8(9)5-3-7;1-2-4-5-3-1;1-2;/h4-11,14-15,24-25H,12-13,27H2,1-3H3,(H,28,29);4-15,24-25H,27H2,1-3H3,(H,28,29);5-12,20-21H,1-4H3;4,6-8,13H,5H2,1-3H3;4-5H,1-3H3;2-5H,1H3;1,3H,2,4H2;2H;1H/t2*24-,25-;20-,21-;;;;;;/m000....../s1/i;;;;;;;;1+2. The van der Waals surface area contributed by atoms with Crippen molar-refractivity contribution in [3.8, 4) is 0 Å². The molecule has 17 heteroatoms. The van der Waals surface area contributed by atoms with E-state index < -0.39 is 0 Å². The number of nitrogens with one attached hydrogen (secondary N) is 2. The Morgan fingerprint density at radius 3 is 1.00 bits per heavy atom. The predicted molar refractivity (Wildman–Crippen MR) is 522 cm³/mol. The third-order valence-electron chi connectivity index (χ3n) is 23.3. The molecule has 1 unspecified atom stereocenters. The number of rotatable bonds is 13. The first kappa shape index (κ1) is 96.9. The fourth-order valence-corrected chi connectivity index (χ4v) is 15.9. The minimum atomic E-state index is -0.189. The molecule has 0 aliphatic carbocycles. The second kappa shape index (κ2) is 46.7. The van der Waals surface area contributed by atoms with Crippen molar-refractivity contribution >= 4 is 91.3 Å². The molecule has 0 aromatic heterocycles. The Bertz CT molecular complexity index is 5520. The molecule has 648 valence electrons. The number of amides is 2. The highest BCUT2D eigenvalue weighted by Crippen LogP contribution is 2.43. The van der Waals surface area contributed by atoms with Crippen LogP contribution in [0.5, 0.6) is 0 Å². The fourth-order valence-electron chi connectivity index (χ4n) is 14.6. The highest BCUT2D eigenvalue weighted by atomic mass is 127. The molecule has 7 N–H and O–H groups in total. The van der Waals surface area contributed by atoms with Crippen molar-refractivity contribution < 1.29 is 54.1 Å². The van der Waals surface area contributed by atoms with Gasteiger partial charge >= 0.3 is 0 Å². The van der Waals surface area contributed by atoms with Crippen LogP contribution in [0.2, 0.25) is 0 Å². The first-order valence-corrected chi connectivity index (χ1v) is 44.0. The van der Waals surface area contributed by atoms with Gasteiger partial charge in [0.05, 0.1) is 54.1 Å². The van der Waals surface area contributed by atoms with E-state index in [0.29, 0.717) is 33.9 Å². The molecule has 11 aromatic rings. The minimum Gasteiger partial charge on any atom is -0.501 e. The zero-order chi connectivity index (χ0) is 90.0. The lowest BCUT2D eigenvalue weighted by Gasteiger charge is -2.17. The number of carbonyl (C=O) groups is 4. The molecule has 0 bridgehead atoms. The van der Waals surface area contributed by atoms with Crippen LogP contribution in [0.15, 0.2) is 255 Å². The zero-order valence-electron chi connectivity index (χ0n) is 74.2. The molecule has 16 rings (SSSR count). The molecular weight excluding hydrogens is 1770 g/mol. The first-order valence-electron chi connectivity index (χ1n) is 41.8. The van der Waals surface area contributed by atoms with Crippen molar-refractivity contribution in [1.82, 2.24) is 0 Å². The van der Waals surface area contributed by atoms with Gasteiger partial charge in [0, 0.05) is 43.7 Å². The van der Waals surface area contributed by atoms with Crippen molar-refractivity contribution in [2.75, 3.05) is 28.7 Å². The smallest absolute Gasteiger partial charge is 0.255 e. The summed E-state index contributed by atoms with van der Waals surface area (Å²) in [6.45, 7) is 36.3. The summed E-state index contributed by atoms with van der Waals surface area (Å²) in [7, 11) is 0. The fraction of sp³-hybridized carbons (Fsp3) is 0.271. The maximum absolute atomic E-state index is 12.5. The lowest BCUT2D eigenvalue weighted by Crippen LogP contribution is -2.13. The number of para-hydroxylation sites is 4. The van der Waals surface area contributed by atoms with Gasteiger partial charge < -0.3 is 45.8 Å².